The number of aromatic nitrogens is 1. The summed E-state index contributed by atoms with van der Waals surface area (Å²) in [7, 11) is 0. The Hall–Kier alpha value is -3.06. The highest BCUT2D eigenvalue weighted by atomic mass is 32.1. The molecule has 1 heterocycles. The number of rotatable bonds is 6. The largest absolute Gasteiger partial charge is 0.487 e. The quantitative estimate of drug-likeness (QED) is 0.576. The summed E-state index contributed by atoms with van der Waals surface area (Å²) in [5, 5.41) is 2.13. The zero-order valence-corrected chi connectivity index (χ0v) is 15.6. The minimum Gasteiger partial charge on any atom is -0.487 e. The molecule has 3 aromatic rings. The van der Waals surface area contributed by atoms with Gasteiger partial charge in [0.05, 0.1) is 11.4 Å². The summed E-state index contributed by atoms with van der Waals surface area (Å²) in [6.45, 7) is 3.06. The number of ether oxygens (including phenoxy) is 1. The van der Waals surface area contributed by atoms with Crippen molar-refractivity contribution in [1.82, 2.24) is 4.98 Å². The molecular formula is C20H17FN2O3S. The van der Waals surface area contributed by atoms with Crippen molar-refractivity contribution < 1.29 is 18.7 Å². The van der Waals surface area contributed by atoms with E-state index in [2.05, 4.69) is 4.98 Å². The van der Waals surface area contributed by atoms with E-state index in [-0.39, 0.29) is 24.0 Å². The van der Waals surface area contributed by atoms with Gasteiger partial charge >= 0.3 is 0 Å². The molecule has 0 spiro atoms. The van der Waals surface area contributed by atoms with E-state index in [1.807, 2.05) is 0 Å². The number of thiazole rings is 1. The molecule has 0 N–H and O–H groups in total. The van der Waals surface area contributed by atoms with Crippen LogP contribution in [0.5, 0.6) is 5.75 Å². The second kappa shape index (κ2) is 8.09. The van der Waals surface area contributed by atoms with Crippen LogP contribution in [0.3, 0.4) is 0 Å². The maximum absolute atomic E-state index is 14.1. The molecule has 0 radical (unpaired) electrons. The van der Waals surface area contributed by atoms with Crippen molar-refractivity contribution in [3.8, 4) is 5.75 Å². The lowest BCUT2D eigenvalue weighted by molar-refractivity contribution is -0.115. The molecule has 0 unspecified atom stereocenters. The number of ketones is 1. The third-order valence-corrected chi connectivity index (χ3v) is 4.66. The topological polar surface area (TPSA) is 59.5 Å². The first-order chi connectivity index (χ1) is 13.0. The molecule has 3 rings (SSSR count). The van der Waals surface area contributed by atoms with Crippen molar-refractivity contribution in [2.24, 2.45) is 0 Å². The number of amides is 1. The fourth-order valence-corrected chi connectivity index (χ4v) is 3.31. The van der Waals surface area contributed by atoms with Gasteiger partial charge in [-0.3, -0.25) is 14.5 Å². The van der Waals surface area contributed by atoms with Crippen LogP contribution < -0.4 is 9.64 Å². The molecule has 138 valence electrons. The zero-order valence-electron chi connectivity index (χ0n) is 14.8. The first kappa shape index (κ1) is 18.7. The number of anilines is 2. The summed E-state index contributed by atoms with van der Waals surface area (Å²) in [4.78, 5) is 29.0. The van der Waals surface area contributed by atoms with Gasteiger partial charge in [-0.05, 0) is 43.3 Å². The Bertz CT molecular complexity index is 969. The molecule has 1 amide bonds. The normalized spacial score (nSPS) is 10.5. The van der Waals surface area contributed by atoms with Crippen LogP contribution in [0.2, 0.25) is 0 Å². The first-order valence-electron chi connectivity index (χ1n) is 8.19. The smallest absolute Gasteiger partial charge is 0.230 e. The van der Waals surface area contributed by atoms with Crippen molar-refractivity contribution in [3.63, 3.8) is 0 Å². The highest BCUT2D eigenvalue weighted by molar-refractivity contribution is 7.14. The number of nitrogens with zero attached hydrogens (tertiary/aromatic N) is 2. The number of Topliss-reactive ketones (excluding diaryl/α,β-unsaturated/α-hetero) is 1. The van der Waals surface area contributed by atoms with Gasteiger partial charge < -0.3 is 4.74 Å². The Morgan fingerprint density at radius 1 is 1.11 bits per heavy atom. The summed E-state index contributed by atoms with van der Waals surface area (Å²) in [5.74, 6) is -0.233. The molecule has 0 bridgehead atoms. The Morgan fingerprint density at radius 3 is 2.44 bits per heavy atom. The van der Waals surface area contributed by atoms with E-state index < -0.39 is 5.82 Å². The lowest BCUT2D eigenvalue weighted by Crippen LogP contribution is -2.23. The van der Waals surface area contributed by atoms with E-state index in [9.17, 15) is 14.0 Å². The highest BCUT2D eigenvalue weighted by Gasteiger charge is 2.20. The van der Waals surface area contributed by atoms with Crippen LogP contribution in [0.25, 0.3) is 0 Å². The lowest BCUT2D eigenvalue weighted by Gasteiger charge is -2.18. The molecule has 0 fully saturated rings. The number of hydrogen-bond acceptors (Lipinski definition) is 5. The average molecular weight is 384 g/mol. The zero-order chi connectivity index (χ0) is 19.4. The molecule has 0 aliphatic carbocycles. The van der Waals surface area contributed by atoms with Gasteiger partial charge in [0.1, 0.15) is 18.2 Å². The van der Waals surface area contributed by atoms with E-state index in [0.29, 0.717) is 22.1 Å². The number of halogens is 1. The minimum atomic E-state index is -0.494. The Kier molecular flexibility index (Phi) is 5.61. The Balaban J connectivity index is 1.74. The maximum atomic E-state index is 14.1. The van der Waals surface area contributed by atoms with Crippen LogP contribution in [-0.2, 0) is 11.4 Å². The molecule has 7 heteroatoms. The van der Waals surface area contributed by atoms with Crippen LogP contribution in [-0.4, -0.2) is 16.7 Å². The van der Waals surface area contributed by atoms with Gasteiger partial charge in [0.15, 0.2) is 10.9 Å². The molecule has 5 nitrogen and oxygen atoms in total. The van der Waals surface area contributed by atoms with E-state index in [4.69, 9.17) is 4.74 Å². The fourth-order valence-electron chi connectivity index (χ4n) is 2.45. The van der Waals surface area contributed by atoms with Crippen molar-refractivity contribution in [2.45, 2.75) is 20.5 Å². The standard InChI is InChI=1S/C20H17FN2O3S/c1-13(24)15-7-9-17(10-8-15)26-11-16-12-27-20(22-16)23(14(2)25)19-6-4-3-5-18(19)21/h3-10,12H,11H2,1-2H3. The molecule has 0 saturated carbocycles. The molecule has 0 saturated heterocycles. The maximum Gasteiger partial charge on any atom is 0.230 e. The third-order valence-electron chi connectivity index (χ3n) is 3.79. The van der Waals surface area contributed by atoms with Crippen LogP contribution in [0.1, 0.15) is 29.9 Å². The predicted octanol–water partition coefficient (Wildman–Crippen LogP) is 4.75. The summed E-state index contributed by atoms with van der Waals surface area (Å²) < 4.78 is 19.8. The number of carbonyl (C=O) groups excluding carboxylic acids is 2. The van der Waals surface area contributed by atoms with Crippen molar-refractivity contribution in [3.05, 3.63) is 71.0 Å². The van der Waals surface area contributed by atoms with Gasteiger partial charge in [0, 0.05) is 17.9 Å². The van der Waals surface area contributed by atoms with Crippen LogP contribution in [0.4, 0.5) is 15.2 Å². The van der Waals surface area contributed by atoms with Crippen molar-refractivity contribution in [2.75, 3.05) is 4.90 Å². The van der Waals surface area contributed by atoms with E-state index in [1.165, 1.54) is 42.2 Å². The minimum absolute atomic E-state index is 0.0110. The average Bonchev–Trinajstić information content (AvgIpc) is 3.10. The van der Waals surface area contributed by atoms with E-state index in [1.54, 1.807) is 41.8 Å². The van der Waals surface area contributed by atoms with Gasteiger partial charge in [-0.2, -0.15) is 0 Å². The van der Waals surface area contributed by atoms with Gasteiger partial charge in [-0.15, -0.1) is 11.3 Å². The summed E-state index contributed by atoms with van der Waals surface area (Å²) >= 11 is 1.23. The number of para-hydroxylation sites is 1. The summed E-state index contributed by atoms with van der Waals surface area (Å²) in [5.41, 5.74) is 1.39. The third kappa shape index (κ3) is 4.38. The number of carbonyl (C=O) groups is 2. The second-order valence-electron chi connectivity index (χ2n) is 5.80. The van der Waals surface area contributed by atoms with Gasteiger partial charge in [0.25, 0.3) is 0 Å². The number of benzene rings is 2. The van der Waals surface area contributed by atoms with Gasteiger partial charge in [0.2, 0.25) is 5.91 Å². The SMILES string of the molecule is CC(=O)c1ccc(OCc2csc(N(C(C)=O)c3ccccc3F)n2)cc1. The Labute approximate surface area is 160 Å². The Morgan fingerprint density at radius 2 is 1.81 bits per heavy atom. The van der Waals surface area contributed by atoms with Gasteiger partial charge in [-0.25, -0.2) is 9.37 Å². The highest BCUT2D eigenvalue weighted by Crippen LogP contribution is 2.31. The summed E-state index contributed by atoms with van der Waals surface area (Å²) in [6.07, 6.45) is 0. The second-order valence-corrected chi connectivity index (χ2v) is 6.63. The molecular weight excluding hydrogens is 367 g/mol. The monoisotopic (exact) mass is 384 g/mol. The van der Waals surface area contributed by atoms with Crippen LogP contribution in [0, 0.1) is 5.82 Å². The molecule has 0 aliphatic heterocycles. The van der Waals surface area contributed by atoms with Crippen molar-refractivity contribution >= 4 is 33.8 Å². The van der Waals surface area contributed by atoms with Crippen LogP contribution >= 0.6 is 11.3 Å². The molecule has 27 heavy (non-hydrogen) atoms. The molecule has 2 aromatic carbocycles. The predicted molar refractivity (Wildman–Crippen MR) is 102 cm³/mol. The van der Waals surface area contributed by atoms with Crippen LogP contribution in [0.15, 0.2) is 53.9 Å². The van der Waals surface area contributed by atoms with Gasteiger partial charge in [-0.1, -0.05) is 12.1 Å². The fraction of sp³-hybridized carbons (Fsp3) is 0.150. The van der Waals surface area contributed by atoms with Crippen molar-refractivity contribution in [1.29, 1.82) is 0 Å². The molecule has 0 aliphatic rings. The summed E-state index contributed by atoms with van der Waals surface area (Å²) in [6, 6.07) is 12.9. The molecule has 0 atom stereocenters. The number of hydrogen-bond donors (Lipinski definition) is 0. The lowest BCUT2D eigenvalue weighted by atomic mass is 10.1. The molecule has 1 aromatic heterocycles. The first-order valence-corrected chi connectivity index (χ1v) is 9.07. The van der Waals surface area contributed by atoms with E-state index >= 15 is 0 Å². The van der Waals surface area contributed by atoms with E-state index in [0.717, 1.165) is 0 Å².